The second-order valence-corrected chi connectivity index (χ2v) is 6.01. The van der Waals surface area contributed by atoms with Gasteiger partial charge in [-0.3, -0.25) is 0 Å². The molecule has 112 valence electrons. The Hall–Kier alpha value is -1.67. The first-order chi connectivity index (χ1) is 9.99. The molecule has 0 aliphatic carbocycles. The van der Waals surface area contributed by atoms with Crippen molar-refractivity contribution in [2.75, 3.05) is 6.54 Å². The van der Waals surface area contributed by atoms with Gasteiger partial charge in [0.05, 0.1) is 0 Å². The Morgan fingerprint density at radius 3 is 2.05 bits per heavy atom. The molecule has 2 heteroatoms. The van der Waals surface area contributed by atoms with Crippen LogP contribution in [-0.4, -0.2) is 6.54 Å². The van der Waals surface area contributed by atoms with E-state index in [0.717, 1.165) is 18.4 Å². The molecule has 0 radical (unpaired) electrons. The lowest BCUT2D eigenvalue weighted by molar-refractivity contribution is 0.530. The monoisotopic (exact) mass is 285 g/mol. The van der Waals surface area contributed by atoms with Gasteiger partial charge < -0.3 is 5.73 Å². The third kappa shape index (κ3) is 4.15. The standard InChI is InChI=1S/C19H24FN/c1-13-8-14(2)19(15(3)9-13)11-17(12-21)10-16-4-6-18(20)7-5-16/h4-9,17H,10-12,21H2,1-3H3. The van der Waals surface area contributed by atoms with Gasteiger partial charge in [0.2, 0.25) is 0 Å². The van der Waals surface area contributed by atoms with Gasteiger partial charge in [-0.15, -0.1) is 0 Å². The first kappa shape index (κ1) is 15.7. The minimum Gasteiger partial charge on any atom is -0.330 e. The summed E-state index contributed by atoms with van der Waals surface area (Å²) in [6, 6.07) is 11.2. The smallest absolute Gasteiger partial charge is 0.123 e. The van der Waals surface area contributed by atoms with Crippen LogP contribution in [0.5, 0.6) is 0 Å². The third-order valence-electron chi connectivity index (χ3n) is 4.10. The highest BCUT2D eigenvalue weighted by atomic mass is 19.1. The number of benzene rings is 2. The van der Waals surface area contributed by atoms with Crippen molar-refractivity contribution in [3.05, 3.63) is 70.0 Å². The van der Waals surface area contributed by atoms with E-state index in [1.165, 1.54) is 34.4 Å². The molecular weight excluding hydrogens is 261 g/mol. The number of rotatable bonds is 5. The first-order valence-electron chi connectivity index (χ1n) is 7.51. The second-order valence-electron chi connectivity index (χ2n) is 6.01. The molecule has 0 saturated heterocycles. The number of nitrogens with two attached hydrogens (primary N) is 1. The van der Waals surface area contributed by atoms with E-state index in [0.29, 0.717) is 12.5 Å². The molecule has 2 aromatic carbocycles. The van der Waals surface area contributed by atoms with Crippen LogP contribution >= 0.6 is 0 Å². The van der Waals surface area contributed by atoms with Crippen molar-refractivity contribution in [2.45, 2.75) is 33.6 Å². The minimum absolute atomic E-state index is 0.187. The van der Waals surface area contributed by atoms with Crippen LogP contribution in [0.1, 0.15) is 27.8 Å². The Balaban J connectivity index is 2.14. The molecule has 1 nitrogen and oxygen atoms in total. The molecule has 0 bridgehead atoms. The van der Waals surface area contributed by atoms with E-state index >= 15 is 0 Å². The molecule has 2 N–H and O–H groups in total. The minimum atomic E-state index is -0.187. The van der Waals surface area contributed by atoms with Crippen molar-refractivity contribution in [3.8, 4) is 0 Å². The van der Waals surface area contributed by atoms with Crippen LogP contribution in [0.2, 0.25) is 0 Å². The number of aryl methyl sites for hydroxylation is 3. The largest absolute Gasteiger partial charge is 0.330 e. The molecule has 0 saturated carbocycles. The second kappa shape index (κ2) is 6.86. The lowest BCUT2D eigenvalue weighted by atomic mass is 9.88. The molecular formula is C19H24FN. The molecule has 0 fully saturated rings. The zero-order chi connectivity index (χ0) is 15.4. The molecule has 0 aliphatic rings. The molecule has 0 heterocycles. The highest BCUT2D eigenvalue weighted by Crippen LogP contribution is 2.22. The quantitative estimate of drug-likeness (QED) is 0.879. The van der Waals surface area contributed by atoms with Crippen LogP contribution in [-0.2, 0) is 12.8 Å². The molecule has 1 atom stereocenters. The molecule has 0 aromatic heterocycles. The topological polar surface area (TPSA) is 26.0 Å². The molecule has 21 heavy (non-hydrogen) atoms. The fourth-order valence-electron chi connectivity index (χ4n) is 3.01. The molecule has 1 unspecified atom stereocenters. The lowest BCUT2D eigenvalue weighted by Crippen LogP contribution is -2.20. The van der Waals surface area contributed by atoms with Gasteiger partial charge in [0.15, 0.2) is 0 Å². The summed E-state index contributed by atoms with van der Waals surface area (Å²) in [5.74, 6) is 0.198. The maximum atomic E-state index is 13.0. The fourth-order valence-corrected chi connectivity index (χ4v) is 3.01. The first-order valence-corrected chi connectivity index (χ1v) is 7.51. The summed E-state index contributed by atoms with van der Waals surface area (Å²) in [6.07, 6.45) is 1.87. The Morgan fingerprint density at radius 1 is 0.952 bits per heavy atom. The third-order valence-corrected chi connectivity index (χ3v) is 4.10. The van der Waals surface area contributed by atoms with Crippen LogP contribution < -0.4 is 5.73 Å². The van der Waals surface area contributed by atoms with Crippen LogP contribution in [0.25, 0.3) is 0 Å². The van der Waals surface area contributed by atoms with E-state index in [-0.39, 0.29) is 5.82 Å². The maximum Gasteiger partial charge on any atom is 0.123 e. The Morgan fingerprint density at radius 2 is 1.52 bits per heavy atom. The van der Waals surface area contributed by atoms with Crippen molar-refractivity contribution >= 4 is 0 Å². The van der Waals surface area contributed by atoms with Crippen LogP contribution in [0.4, 0.5) is 4.39 Å². The van der Waals surface area contributed by atoms with Gasteiger partial charge >= 0.3 is 0 Å². The summed E-state index contributed by atoms with van der Waals surface area (Å²) in [4.78, 5) is 0. The van der Waals surface area contributed by atoms with Gasteiger partial charge in [-0.05, 0) is 80.5 Å². The Kier molecular flexibility index (Phi) is 5.13. The molecule has 0 aliphatic heterocycles. The molecule has 0 amide bonds. The van der Waals surface area contributed by atoms with E-state index in [1.807, 2.05) is 12.1 Å². The van der Waals surface area contributed by atoms with Gasteiger partial charge in [0.25, 0.3) is 0 Å². The van der Waals surface area contributed by atoms with Crippen LogP contribution in [0, 0.1) is 32.5 Å². The Labute approximate surface area is 127 Å². The number of halogens is 1. The van der Waals surface area contributed by atoms with E-state index in [1.54, 1.807) is 0 Å². The summed E-state index contributed by atoms with van der Waals surface area (Å²) in [5, 5.41) is 0. The summed E-state index contributed by atoms with van der Waals surface area (Å²) < 4.78 is 13.0. The summed E-state index contributed by atoms with van der Waals surface area (Å²) in [6.45, 7) is 7.11. The van der Waals surface area contributed by atoms with Crippen molar-refractivity contribution in [1.82, 2.24) is 0 Å². The van der Waals surface area contributed by atoms with E-state index in [4.69, 9.17) is 5.73 Å². The fraction of sp³-hybridized carbons (Fsp3) is 0.368. The average Bonchev–Trinajstić information content (AvgIpc) is 2.43. The SMILES string of the molecule is Cc1cc(C)c(CC(CN)Cc2ccc(F)cc2)c(C)c1. The Bertz CT molecular complexity index is 578. The highest BCUT2D eigenvalue weighted by molar-refractivity contribution is 5.38. The predicted molar refractivity (Wildman–Crippen MR) is 87.0 cm³/mol. The molecule has 2 aromatic rings. The van der Waals surface area contributed by atoms with Gasteiger partial charge in [-0.1, -0.05) is 29.8 Å². The maximum absolute atomic E-state index is 13.0. The highest BCUT2D eigenvalue weighted by Gasteiger charge is 2.13. The molecule has 2 rings (SSSR count). The van der Waals surface area contributed by atoms with Crippen LogP contribution in [0.3, 0.4) is 0 Å². The number of hydrogen-bond acceptors (Lipinski definition) is 1. The van der Waals surface area contributed by atoms with Crippen LogP contribution in [0.15, 0.2) is 36.4 Å². The van der Waals surface area contributed by atoms with E-state index < -0.39 is 0 Å². The van der Waals surface area contributed by atoms with Crippen molar-refractivity contribution in [2.24, 2.45) is 11.7 Å². The number of hydrogen-bond donors (Lipinski definition) is 1. The van der Waals surface area contributed by atoms with Crippen molar-refractivity contribution < 1.29 is 4.39 Å². The van der Waals surface area contributed by atoms with E-state index in [9.17, 15) is 4.39 Å². The van der Waals surface area contributed by atoms with Gasteiger partial charge in [-0.25, -0.2) is 4.39 Å². The van der Waals surface area contributed by atoms with Crippen molar-refractivity contribution in [3.63, 3.8) is 0 Å². The van der Waals surface area contributed by atoms with Gasteiger partial charge in [-0.2, -0.15) is 0 Å². The summed E-state index contributed by atoms with van der Waals surface area (Å²) in [7, 11) is 0. The van der Waals surface area contributed by atoms with Crippen molar-refractivity contribution in [1.29, 1.82) is 0 Å². The molecule has 0 spiro atoms. The zero-order valence-electron chi connectivity index (χ0n) is 13.1. The normalized spacial score (nSPS) is 12.4. The lowest BCUT2D eigenvalue weighted by Gasteiger charge is -2.19. The zero-order valence-corrected chi connectivity index (χ0v) is 13.1. The van der Waals surface area contributed by atoms with E-state index in [2.05, 4.69) is 32.9 Å². The summed E-state index contributed by atoms with van der Waals surface area (Å²) in [5.41, 5.74) is 12.5. The average molecular weight is 285 g/mol. The predicted octanol–water partition coefficient (Wildman–Crippen LogP) is 4.11. The summed E-state index contributed by atoms with van der Waals surface area (Å²) >= 11 is 0. The van der Waals surface area contributed by atoms with Gasteiger partial charge in [0, 0.05) is 0 Å². The van der Waals surface area contributed by atoms with Gasteiger partial charge in [0.1, 0.15) is 5.82 Å².